The zero-order valence-electron chi connectivity index (χ0n) is 14.6. The van der Waals surface area contributed by atoms with Gasteiger partial charge in [0.2, 0.25) is 0 Å². The van der Waals surface area contributed by atoms with Gasteiger partial charge < -0.3 is 0 Å². The zero-order chi connectivity index (χ0) is 15.8. The summed E-state index contributed by atoms with van der Waals surface area (Å²) in [7, 11) is 0. The fourth-order valence-electron chi connectivity index (χ4n) is 1.13. The van der Waals surface area contributed by atoms with Gasteiger partial charge in [-0.3, -0.25) is 0 Å². The van der Waals surface area contributed by atoms with E-state index in [1.807, 2.05) is 0 Å². The lowest BCUT2D eigenvalue weighted by atomic mass is 10.0. The van der Waals surface area contributed by atoms with E-state index < -0.39 is 0 Å². The normalized spacial score (nSPS) is 11.0. The summed E-state index contributed by atoms with van der Waals surface area (Å²) < 4.78 is 0. The number of rotatable bonds is 0. The van der Waals surface area contributed by atoms with Crippen LogP contribution >= 0.6 is 0 Å². The van der Waals surface area contributed by atoms with Crippen molar-refractivity contribution in [2.75, 3.05) is 0 Å². The molecule has 0 heteroatoms. The van der Waals surface area contributed by atoms with Crippen molar-refractivity contribution >= 4 is 10.8 Å². The molecule has 0 saturated heterocycles. The van der Waals surface area contributed by atoms with Crippen LogP contribution < -0.4 is 0 Å². The lowest BCUT2D eigenvalue weighted by molar-refractivity contribution is 0.469. The van der Waals surface area contributed by atoms with Gasteiger partial charge in [-0.05, 0) is 21.6 Å². The molecule has 0 bridgehead atoms. The highest BCUT2D eigenvalue weighted by Crippen LogP contribution is 2.11. The van der Waals surface area contributed by atoms with Gasteiger partial charge >= 0.3 is 0 Å². The van der Waals surface area contributed by atoms with E-state index in [9.17, 15) is 0 Å². The number of hydrogen-bond donors (Lipinski definition) is 0. The Morgan fingerprint density at radius 1 is 0.450 bits per heavy atom. The minimum Gasteiger partial charge on any atom is -0.0616 e. The highest BCUT2D eigenvalue weighted by Gasteiger charge is 1.96. The van der Waals surface area contributed by atoms with E-state index in [4.69, 9.17) is 0 Å². The van der Waals surface area contributed by atoms with Crippen LogP contribution in [0.4, 0.5) is 0 Å². The third kappa shape index (κ3) is 14.8. The molecule has 2 aromatic rings. The minimum absolute atomic E-state index is 0.500. The summed E-state index contributed by atoms with van der Waals surface area (Å²) in [5, 5.41) is 2.62. The van der Waals surface area contributed by atoms with E-state index in [-0.39, 0.29) is 0 Å². The lowest BCUT2D eigenvalue weighted by Crippen LogP contribution is -1.93. The summed E-state index contributed by atoms with van der Waals surface area (Å²) >= 11 is 0. The highest BCUT2D eigenvalue weighted by molar-refractivity contribution is 5.81. The van der Waals surface area contributed by atoms with Gasteiger partial charge in [0.25, 0.3) is 0 Å². The van der Waals surface area contributed by atoms with E-state index in [1.165, 1.54) is 10.8 Å². The monoisotopic (exact) mass is 272 g/mol. The van der Waals surface area contributed by atoms with Crippen molar-refractivity contribution in [3.63, 3.8) is 0 Å². The molecule has 0 N–H and O–H groups in total. The summed E-state index contributed by atoms with van der Waals surface area (Å²) in [6, 6.07) is 16.7. The Hall–Kier alpha value is -1.30. The van der Waals surface area contributed by atoms with Crippen molar-refractivity contribution in [3.8, 4) is 0 Å². The van der Waals surface area contributed by atoms with Crippen LogP contribution in [-0.4, -0.2) is 0 Å². The Morgan fingerprint density at radius 2 is 0.600 bits per heavy atom. The van der Waals surface area contributed by atoms with E-state index in [1.54, 1.807) is 0 Å². The average Bonchev–Trinajstić information content (AvgIpc) is 2.25. The van der Waals surface area contributed by atoms with Crippen LogP contribution in [0.2, 0.25) is 0 Å². The van der Waals surface area contributed by atoms with Crippen LogP contribution in [0.1, 0.15) is 55.4 Å². The summed E-state index contributed by atoms with van der Waals surface area (Å²) in [6.07, 6.45) is 0. The standard InChI is InChI=1S/C10H8.2C5H12/c1-2-6-10-8-4-3-7-9(10)5-1;2*1-5(2,3)4/h1-8H;2*1-4H3. The van der Waals surface area contributed by atoms with Crippen LogP contribution in [0.3, 0.4) is 0 Å². The molecule has 0 aliphatic carbocycles. The number of hydrogen-bond acceptors (Lipinski definition) is 0. The van der Waals surface area contributed by atoms with Crippen molar-refractivity contribution < 1.29 is 0 Å². The Kier molecular flexibility index (Phi) is 7.57. The third-order valence-electron chi connectivity index (χ3n) is 1.66. The largest absolute Gasteiger partial charge is 0.0616 e. The van der Waals surface area contributed by atoms with E-state index in [2.05, 4.69) is 104 Å². The highest BCUT2D eigenvalue weighted by atomic mass is 14.0. The van der Waals surface area contributed by atoms with Crippen molar-refractivity contribution in [2.24, 2.45) is 10.8 Å². The number of fused-ring (bicyclic) bond motifs is 1. The fourth-order valence-corrected chi connectivity index (χ4v) is 1.13. The van der Waals surface area contributed by atoms with Gasteiger partial charge in [0, 0.05) is 0 Å². The van der Waals surface area contributed by atoms with Crippen LogP contribution in [0.5, 0.6) is 0 Å². The molecular formula is C20H32. The molecule has 0 nitrogen and oxygen atoms in total. The van der Waals surface area contributed by atoms with E-state index in [0.717, 1.165) is 0 Å². The van der Waals surface area contributed by atoms with Crippen LogP contribution in [0.25, 0.3) is 10.8 Å². The summed E-state index contributed by atoms with van der Waals surface area (Å²) in [6.45, 7) is 17.5. The van der Waals surface area contributed by atoms with Gasteiger partial charge in [0.15, 0.2) is 0 Å². The Bertz CT molecular complexity index is 392. The smallest absolute Gasteiger partial charge is 0.0184 e. The SMILES string of the molecule is CC(C)(C)C.CC(C)(C)C.c1ccc2ccccc2c1. The number of benzene rings is 2. The molecule has 2 rings (SSSR count). The average molecular weight is 272 g/mol. The molecule has 0 radical (unpaired) electrons. The Labute approximate surface area is 126 Å². The topological polar surface area (TPSA) is 0 Å². The molecule has 20 heavy (non-hydrogen) atoms. The molecule has 0 aliphatic heterocycles. The van der Waals surface area contributed by atoms with Gasteiger partial charge in [-0.25, -0.2) is 0 Å². The molecule has 0 saturated carbocycles. The second-order valence-electron chi connectivity index (χ2n) is 8.35. The minimum atomic E-state index is 0.500. The molecule has 0 heterocycles. The summed E-state index contributed by atoms with van der Waals surface area (Å²) in [4.78, 5) is 0. The molecular weight excluding hydrogens is 240 g/mol. The second kappa shape index (κ2) is 8.09. The zero-order valence-corrected chi connectivity index (χ0v) is 14.6. The quantitative estimate of drug-likeness (QED) is 0.487. The second-order valence-corrected chi connectivity index (χ2v) is 8.35. The summed E-state index contributed by atoms with van der Waals surface area (Å²) in [5.41, 5.74) is 1.00. The van der Waals surface area contributed by atoms with Crippen molar-refractivity contribution in [1.29, 1.82) is 0 Å². The van der Waals surface area contributed by atoms with E-state index >= 15 is 0 Å². The van der Waals surface area contributed by atoms with Crippen LogP contribution in [-0.2, 0) is 0 Å². The van der Waals surface area contributed by atoms with Gasteiger partial charge in [-0.1, -0.05) is 104 Å². The maximum atomic E-state index is 2.19. The molecule has 0 spiro atoms. The first-order valence-electron chi connectivity index (χ1n) is 7.40. The molecule has 0 aromatic heterocycles. The first-order chi connectivity index (χ1) is 8.97. The molecule has 112 valence electrons. The van der Waals surface area contributed by atoms with E-state index in [0.29, 0.717) is 10.8 Å². The van der Waals surface area contributed by atoms with Crippen molar-refractivity contribution in [3.05, 3.63) is 48.5 Å². The lowest BCUT2D eigenvalue weighted by Gasteiger charge is -2.05. The first-order valence-corrected chi connectivity index (χ1v) is 7.40. The maximum Gasteiger partial charge on any atom is -0.0184 e. The molecule has 0 aliphatic rings. The molecule has 0 atom stereocenters. The van der Waals surface area contributed by atoms with Crippen LogP contribution in [0, 0.1) is 10.8 Å². The summed E-state index contributed by atoms with van der Waals surface area (Å²) in [5.74, 6) is 0. The van der Waals surface area contributed by atoms with Crippen molar-refractivity contribution in [1.82, 2.24) is 0 Å². The van der Waals surface area contributed by atoms with Gasteiger partial charge in [-0.2, -0.15) is 0 Å². The molecule has 0 amide bonds. The van der Waals surface area contributed by atoms with Gasteiger partial charge in [0.1, 0.15) is 0 Å². The fraction of sp³-hybridized carbons (Fsp3) is 0.500. The maximum absolute atomic E-state index is 2.19. The molecule has 0 unspecified atom stereocenters. The first kappa shape index (κ1) is 18.7. The third-order valence-corrected chi connectivity index (χ3v) is 1.66. The molecule has 2 aromatic carbocycles. The predicted molar refractivity (Wildman–Crippen MR) is 94.2 cm³/mol. The van der Waals surface area contributed by atoms with Crippen molar-refractivity contribution in [2.45, 2.75) is 55.4 Å². The van der Waals surface area contributed by atoms with Gasteiger partial charge in [-0.15, -0.1) is 0 Å². The van der Waals surface area contributed by atoms with Gasteiger partial charge in [0.05, 0.1) is 0 Å². The Morgan fingerprint density at radius 3 is 0.750 bits per heavy atom. The predicted octanol–water partition coefficient (Wildman–Crippen LogP) is 6.94. The van der Waals surface area contributed by atoms with Crippen LogP contribution in [0.15, 0.2) is 48.5 Å². The molecule has 0 fully saturated rings. The Balaban J connectivity index is 0.000000310.